The van der Waals surface area contributed by atoms with Gasteiger partial charge in [0.2, 0.25) is 0 Å². The van der Waals surface area contributed by atoms with Crippen LogP contribution in [0.3, 0.4) is 0 Å². The molecule has 0 aliphatic carbocycles. The number of carbonyl (C=O) groups is 1. The van der Waals surface area contributed by atoms with Gasteiger partial charge in [-0.1, -0.05) is 15.9 Å². The number of halogens is 4. The summed E-state index contributed by atoms with van der Waals surface area (Å²) in [4.78, 5) is 30.8. The second kappa shape index (κ2) is 7.17. The Morgan fingerprint density at radius 2 is 1.76 bits per heavy atom. The Hall–Kier alpha value is -1.87. The predicted octanol–water partition coefficient (Wildman–Crippen LogP) is 3.65. The standard InChI is InChI=1S/C14H10BrF3NO5P.H2/c15-9-3-6-11(12(7-9)25(21,22)23)19-13(20)8-1-4-10(5-2-8)24-14(16,17)18;/h1-7H,(H,19,20)(H2,21,22,23);1H. The zero-order chi connectivity index (χ0) is 18.8. The molecular formula is C14H12BrF3NO5P. The monoisotopic (exact) mass is 441 g/mol. The summed E-state index contributed by atoms with van der Waals surface area (Å²) in [6.07, 6.45) is -4.85. The third kappa shape index (κ3) is 5.57. The molecule has 0 saturated carbocycles. The largest absolute Gasteiger partial charge is 0.573 e. The summed E-state index contributed by atoms with van der Waals surface area (Å²) in [6, 6.07) is 8.00. The van der Waals surface area contributed by atoms with Crippen LogP contribution in [0.4, 0.5) is 18.9 Å². The van der Waals surface area contributed by atoms with Gasteiger partial charge in [0.1, 0.15) is 5.75 Å². The van der Waals surface area contributed by atoms with E-state index in [1.807, 2.05) is 0 Å². The number of benzene rings is 2. The molecule has 2 rings (SSSR count). The lowest BCUT2D eigenvalue weighted by Crippen LogP contribution is -2.19. The van der Waals surface area contributed by atoms with Crippen molar-refractivity contribution in [1.82, 2.24) is 0 Å². The van der Waals surface area contributed by atoms with Crippen LogP contribution in [0, 0.1) is 0 Å². The van der Waals surface area contributed by atoms with Gasteiger partial charge in [-0.3, -0.25) is 9.36 Å². The lowest BCUT2D eigenvalue weighted by Gasteiger charge is -2.13. The van der Waals surface area contributed by atoms with E-state index in [2.05, 4.69) is 26.0 Å². The summed E-state index contributed by atoms with van der Waals surface area (Å²) in [5.41, 5.74) is -0.133. The molecule has 11 heteroatoms. The Bertz CT molecular complexity index is 841. The molecule has 136 valence electrons. The van der Waals surface area contributed by atoms with Crippen LogP contribution in [0.5, 0.6) is 5.75 Å². The highest BCUT2D eigenvalue weighted by Gasteiger charge is 2.31. The maximum atomic E-state index is 12.1. The van der Waals surface area contributed by atoms with Crippen molar-refractivity contribution in [3.05, 3.63) is 52.5 Å². The summed E-state index contributed by atoms with van der Waals surface area (Å²) < 4.78 is 51.9. The first-order valence-corrected chi connectivity index (χ1v) is 8.89. The van der Waals surface area contributed by atoms with Crippen molar-refractivity contribution < 1.29 is 38.5 Å². The van der Waals surface area contributed by atoms with Gasteiger partial charge in [-0.2, -0.15) is 0 Å². The first kappa shape index (κ1) is 19.5. The van der Waals surface area contributed by atoms with Crippen LogP contribution >= 0.6 is 23.5 Å². The Morgan fingerprint density at radius 1 is 1.16 bits per heavy atom. The van der Waals surface area contributed by atoms with Crippen molar-refractivity contribution >= 4 is 40.4 Å². The van der Waals surface area contributed by atoms with Crippen molar-refractivity contribution in [2.24, 2.45) is 0 Å². The first-order valence-electron chi connectivity index (χ1n) is 6.48. The van der Waals surface area contributed by atoms with Crippen molar-refractivity contribution in [2.45, 2.75) is 6.36 Å². The maximum Gasteiger partial charge on any atom is 0.573 e. The van der Waals surface area contributed by atoms with Gasteiger partial charge in [0.05, 0.1) is 11.0 Å². The Morgan fingerprint density at radius 3 is 2.28 bits per heavy atom. The Balaban J connectivity index is 0.00000338. The van der Waals surface area contributed by atoms with Crippen LogP contribution in [0.15, 0.2) is 46.9 Å². The molecule has 0 saturated heterocycles. The fraction of sp³-hybridized carbons (Fsp3) is 0.0714. The summed E-state index contributed by atoms with van der Waals surface area (Å²) in [7, 11) is -4.65. The SMILES string of the molecule is O=C(Nc1ccc(Br)cc1P(=O)(O)O)c1ccc(OC(F)(F)F)cc1.[HH]. The molecule has 0 heterocycles. The summed E-state index contributed by atoms with van der Waals surface area (Å²) in [5.74, 6) is -1.25. The molecule has 2 aromatic carbocycles. The van der Waals surface area contributed by atoms with E-state index in [1.54, 1.807) is 0 Å². The molecule has 1 amide bonds. The second-order valence-electron chi connectivity index (χ2n) is 4.73. The first-order chi connectivity index (χ1) is 11.5. The van der Waals surface area contributed by atoms with Gasteiger partial charge >= 0.3 is 14.0 Å². The highest BCUT2D eigenvalue weighted by Crippen LogP contribution is 2.37. The molecule has 0 unspecified atom stereocenters. The molecule has 0 spiro atoms. The van der Waals surface area contributed by atoms with Crippen molar-refractivity contribution in [2.75, 3.05) is 5.32 Å². The second-order valence-corrected chi connectivity index (χ2v) is 7.22. The number of carbonyl (C=O) groups excluding carboxylic acids is 1. The predicted molar refractivity (Wildman–Crippen MR) is 89.0 cm³/mol. The number of anilines is 1. The zero-order valence-corrected chi connectivity index (χ0v) is 14.6. The molecule has 6 nitrogen and oxygen atoms in total. The average Bonchev–Trinajstić information content (AvgIpc) is 2.47. The van der Waals surface area contributed by atoms with Gasteiger partial charge in [0.15, 0.2) is 0 Å². The number of amides is 1. The Labute approximate surface area is 149 Å². The zero-order valence-electron chi connectivity index (χ0n) is 12.1. The molecule has 3 N–H and O–H groups in total. The van der Waals surface area contributed by atoms with Crippen LogP contribution < -0.4 is 15.4 Å². The summed E-state index contributed by atoms with van der Waals surface area (Å²) in [5, 5.41) is 1.92. The van der Waals surface area contributed by atoms with E-state index in [4.69, 9.17) is 0 Å². The minimum atomic E-state index is -4.85. The number of nitrogens with one attached hydrogen (secondary N) is 1. The van der Waals surface area contributed by atoms with Gasteiger partial charge in [0, 0.05) is 11.5 Å². The number of hydrogen-bond acceptors (Lipinski definition) is 3. The van der Waals surface area contributed by atoms with Crippen LogP contribution in [0.25, 0.3) is 0 Å². The van der Waals surface area contributed by atoms with Crippen LogP contribution in [-0.4, -0.2) is 22.1 Å². The quantitative estimate of drug-likeness (QED) is 0.629. The molecule has 2 aromatic rings. The van der Waals surface area contributed by atoms with Crippen LogP contribution in [-0.2, 0) is 4.57 Å². The number of ether oxygens (including phenoxy) is 1. The van der Waals surface area contributed by atoms with E-state index < -0.39 is 30.9 Å². The van der Waals surface area contributed by atoms with Gasteiger partial charge in [-0.25, -0.2) is 0 Å². The van der Waals surface area contributed by atoms with E-state index in [0.29, 0.717) is 4.47 Å². The summed E-state index contributed by atoms with van der Waals surface area (Å²) >= 11 is 3.07. The molecule has 0 bridgehead atoms. The smallest absolute Gasteiger partial charge is 0.406 e. The summed E-state index contributed by atoms with van der Waals surface area (Å²) in [6.45, 7) is 0. The number of alkyl halides is 3. The van der Waals surface area contributed by atoms with Gasteiger partial charge in [-0.15, -0.1) is 13.2 Å². The van der Waals surface area contributed by atoms with E-state index in [0.717, 1.165) is 30.3 Å². The molecule has 0 aliphatic rings. The van der Waals surface area contributed by atoms with E-state index in [-0.39, 0.29) is 12.7 Å². The number of rotatable bonds is 4. The topological polar surface area (TPSA) is 95.9 Å². The third-order valence-corrected chi connectivity index (χ3v) is 4.36. The molecular weight excluding hydrogens is 430 g/mol. The van der Waals surface area contributed by atoms with Crippen molar-refractivity contribution in [1.29, 1.82) is 0 Å². The maximum absolute atomic E-state index is 12.1. The van der Waals surface area contributed by atoms with Crippen LogP contribution in [0.1, 0.15) is 11.8 Å². The molecule has 0 atom stereocenters. The van der Waals surface area contributed by atoms with Gasteiger partial charge < -0.3 is 19.8 Å². The molecule has 25 heavy (non-hydrogen) atoms. The molecule has 0 aliphatic heterocycles. The average molecular weight is 442 g/mol. The highest BCUT2D eigenvalue weighted by atomic mass is 79.9. The van der Waals surface area contributed by atoms with E-state index >= 15 is 0 Å². The minimum absolute atomic E-state index is 0. The minimum Gasteiger partial charge on any atom is -0.406 e. The normalized spacial score (nSPS) is 11.9. The van der Waals surface area contributed by atoms with Crippen molar-refractivity contribution in [3.63, 3.8) is 0 Å². The fourth-order valence-electron chi connectivity index (χ4n) is 1.85. The molecule has 0 fully saturated rings. The van der Waals surface area contributed by atoms with E-state index in [1.165, 1.54) is 12.1 Å². The van der Waals surface area contributed by atoms with Gasteiger partial charge in [0.25, 0.3) is 5.91 Å². The number of hydrogen-bond donors (Lipinski definition) is 3. The lowest BCUT2D eigenvalue weighted by atomic mass is 10.2. The third-order valence-electron chi connectivity index (χ3n) is 2.87. The van der Waals surface area contributed by atoms with E-state index in [9.17, 15) is 32.3 Å². The fourth-order valence-corrected chi connectivity index (χ4v) is 3.14. The lowest BCUT2D eigenvalue weighted by molar-refractivity contribution is -0.274. The van der Waals surface area contributed by atoms with Crippen molar-refractivity contribution in [3.8, 4) is 5.75 Å². The highest BCUT2D eigenvalue weighted by molar-refractivity contribution is 9.10. The molecule has 0 radical (unpaired) electrons. The Kier molecular flexibility index (Phi) is 5.58. The molecule has 0 aromatic heterocycles. The van der Waals surface area contributed by atoms with Gasteiger partial charge in [-0.05, 0) is 42.5 Å². The van der Waals surface area contributed by atoms with Crippen LogP contribution in [0.2, 0.25) is 0 Å².